The summed E-state index contributed by atoms with van der Waals surface area (Å²) in [6.07, 6.45) is 3.41. The Morgan fingerprint density at radius 2 is 2.17 bits per heavy atom. The average Bonchev–Trinajstić information content (AvgIpc) is 2.03. The molecule has 3 nitrogen and oxygen atoms in total. The lowest BCUT2D eigenvalue weighted by Crippen LogP contribution is -2.39. The molecule has 0 radical (unpaired) electrons. The molecule has 0 spiro atoms. The van der Waals surface area contributed by atoms with E-state index in [-0.39, 0.29) is 6.04 Å². The van der Waals surface area contributed by atoms with Gasteiger partial charge in [0, 0.05) is 18.8 Å². The van der Waals surface area contributed by atoms with Crippen LogP contribution in [0.5, 0.6) is 0 Å². The summed E-state index contributed by atoms with van der Waals surface area (Å²) in [5.41, 5.74) is 0. The quantitative estimate of drug-likeness (QED) is 0.674. The van der Waals surface area contributed by atoms with Crippen LogP contribution in [0.15, 0.2) is 0 Å². The minimum absolute atomic E-state index is 0.221. The van der Waals surface area contributed by atoms with Crippen molar-refractivity contribution in [2.75, 3.05) is 24.8 Å². The zero-order chi connectivity index (χ0) is 9.19. The lowest BCUT2D eigenvalue weighted by Gasteiger charge is -2.28. The zero-order valence-corrected chi connectivity index (χ0v) is 9.12. The Morgan fingerprint density at radius 3 is 2.58 bits per heavy atom. The largest absolute Gasteiger partial charge is 0.213 e. The molecule has 0 bridgehead atoms. The fraction of sp³-hybridized carbons (Fsp3) is 1.00. The molecule has 1 saturated heterocycles. The molecule has 5 heteroatoms. The summed E-state index contributed by atoms with van der Waals surface area (Å²) >= 11 is 1.84. The molecule has 0 aromatic rings. The first-order valence-corrected chi connectivity index (χ1v) is 7.03. The summed E-state index contributed by atoms with van der Waals surface area (Å²) in [7, 11) is -1.31. The van der Waals surface area contributed by atoms with Gasteiger partial charge in [0.25, 0.3) is 0 Å². The van der Waals surface area contributed by atoms with Crippen molar-refractivity contribution < 1.29 is 8.42 Å². The van der Waals surface area contributed by atoms with Gasteiger partial charge < -0.3 is 0 Å². The summed E-state index contributed by atoms with van der Waals surface area (Å²) in [5.74, 6) is 2.12. The average molecular weight is 209 g/mol. The monoisotopic (exact) mass is 209 g/mol. The zero-order valence-electron chi connectivity index (χ0n) is 7.49. The van der Waals surface area contributed by atoms with E-state index in [1.54, 1.807) is 7.05 Å². The van der Waals surface area contributed by atoms with Crippen LogP contribution >= 0.6 is 11.8 Å². The Kier molecular flexibility index (Phi) is 3.43. The highest BCUT2D eigenvalue weighted by atomic mass is 32.2. The summed E-state index contributed by atoms with van der Waals surface area (Å²) in [6, 6.07) is 0.221. The van der Waals surface area contributed by atoms with Crippen molar-refractivity contribution in [1.82, 2.24) is 4.31 Å². The van der Waals surface area contributed by atoms with Crippen LogP contribution in [0.4, 0.5) is 0 Å². The van der Waals surface area contributed by atoms with E-state index in [2.05, 4.69) is 0 Å². The van der Waals surface area contributed by atoms with Gasteiger partial charge in [-0.25, -0.2) is 12.7 Å². The number of hydrogen-bond donors (Lipinski definition) is 0. The van der Waals surface area contributed by atoms with E-state index >= 15 is 0 Å². The third kappa shape index (κ3) is 2.64. The normalized spacial score (nSPS) is 26.1. The van der Waals surface area contributed by atoms with Crippen LogP contribution in [0.3, 0.4) is 0 Å². The summed E-state index contributed by atoms with van der Waals surface area (Å²) < 4.78 is 23.8. The molecule has 1 unspecified atom stereocenters. The first-order chi connectivity index (χ1) is 5.52. The second-order valence-corrected chi connectivity index (χ2v) is 6.34. The Bertz CT molecular complexity index is 232. The number of hydrogen-bond acceptors (Lipinski definition) is 3. The number of nitrogens with zero attached hydrogens (tertiary/aromatic N) is 1. The Balaban J connectivity index is 2.57. The van der Waals surface area contributed by atoms with Gasteiger partial charge >= 0.3 is 0 Å². The predicted octanol–water partition coefficient (Wildman–Crippen LogP) is 0.773. The highest BCUT2D eigenvalue weighted by molar-refractivity contribution is 7.99. The van der Waals surface area contributed by atoms with Gasteiger partial charge in [0.05, 0.1) is 6.26 Å². The van der Waals surface area contributed by atoms with Crippen molar-refractivity contribution in [3.8, 4) is 0 Å². The lowest BCUT2D eigenvalue weighted by atomic mass is 10.2. The molecule has 72 valence electrons. The van der Waals surface area contributed by atoms with Gasteiger partial charge in [0.15, 0.2) is 0 Å². The maximum absolute atomic E-state index is 11.1. The predicted molar refractivity (Wildman–Crippen MR) is 53.0 cm³/mol. The molecule has 1 atom stereocenters. The van der Waals surface area contributed by atoms with Gasteiger partial charge in [0.1, 0.15) is 0 Å². The fourth-order valence-corrected chi connectivity index (χ4v) is 3.30. The first-order valence-electron chi connectivity index (χ1n) is 4.02. The minimum Gasteiger partial charge on any atom is -0.213 e. The van der Waals surface area contributed by atoms with Gasteiger partial charge in [0.2, 0.25) is 10.0 Å². The molecule has 1 aliphatic heterocycles. The van der Waals surface area contributed by atoms with Crippen LogP contribution in [0.25, 0.3) is 0 Å². The van der Waals surface area contributed by atoms with Crippen LogP contribution < -0.4 is 0 Å². The van der Waals surface area contributed by atoms with E-state index in [0.29, 0.717) is 0 Å². The van der Waals surface area contributed by atoms with E-state index in [0.717, 1.165) is 18.6 Å². The molecule has 1 aliphatic rings. The lowest BCUT2D eigenvalue weighted by molar-refractivity contribution is 0.372. The van der Waals surface area contributed by atoms with Crippen LogP contribution in [-0.4, -0.2) is 43.6 Å². The highest BCUT2D eigenvalue weighted by Gasteiger charge is 2.24. The van der Waals surface area contributed by atoms with E-state index in [1.165, 1.54) is 16.3 Å². The third-order valence-electron chi connectivity index (χ3n) is 2.17. The molecule has 0 aromatic heterocycles. The molecular weight excluding hydrogens is 194 g/mol. The topological polar surface area (TPSA) is 37.4 Å². The summed E-state index contributed by atoms with van der Waals surface area (Å²) in [4.78, 5) is 0. The molecule has 0 amide bonds. The van der Waals surface area contributed by atoms with Gasteiger partial charge in [-0.05, 0) is 18.6 Å². The van der Waals surface area contributed by atoms with Crippen molar-refractivity contribution in [3.05, 3.63) is 0 Å². The second kappa shape index (κ2) is 3.98. The minimum atomic E-state index is -2.98. The maximum Gasteiger partial charge on any atom is 0.211 e. The molecule has 1 heterocycles. The molecule has 1 fully saturated rings. The van der Waals surface area contributed by atoms with Crippen LogP contribution in [0.2, 0.25) is 0 Å². The Morgan fingerprint density at radius 1 is 1.50 bits per heavy atom. The Labute approximate surface area is 78.6 Å². The highest BCUT2D eigenvalue weighted by Crippen LogP contribution is 2.21. The van der Waals surface area contributed by atoms with Crippen molar-refractivity contribution in [2.45, 2.75) is 18.9 Å². The van der Waals surface area contributed by atoms with Gasteiger partial charge in [-0.15, -0.1) is 0 Å². The molecule has 0 N–H and O–H groups in total. The fourth-order valence-electron chi connectivity index (χ4n) is 1.28. The maximum atomic E-state index is 11.1. The standard InChI is InChI=1S/C7H15NO2S2/c1-8(12(2,9)10)7-4-3-5-11-6-7/h7H,3-6H2,1-2H3. The summed E-state index contributed by atoms with van der Waals surface area (Å²) in [6.45, 7) is 0. The number of sulfonamides is 1. The van der Waals surface area contributed by atoms with Crippen LogP contribution in [-0.2, 0) is 10.0 Å². The second-order valence-electron chi connectivity index (χ2n) is 3.15. The molecular formula is C7H15NO2S2. The number of rotatable bonds is 2. The van der Waals surface area contributed by atoms with Crippen LogP contribution in [0.1, 0.15) is 12.8 Å². The van der Waals surface area contributed by atoms with E-state index in [1.807, 2.05) is 11.8 Å². The molecule has 0 aromatic carbocycles. The smallest absolute Gasteiger partial charge is 0.211 e. The Hall–Kier alpha value is 0.260. The van der Waals surface area contributed by atoms with E-state index < -0.39 is 10.0 Å². The van der Waals surface area contributed by atoms with Gasteiger partial charge in [-0.2, -0.15) is 11.8 Å². The van der Waals surface area contributed by atoms with E-state index in [4.69, 9.17) is 0 Å². The molecule has 1 rings (SSSR count). The van der Waals surface area contributed by atoms with Crippen molar-refractivity contribution >= 4 is 21.8 Å². The first kappa shape index (κ1) is 10.3. The van der Waals surface area contributed by atoms with Crippen molar-refractivity contribution in [3.63, 3.8) is 0 Å². The molecule has 12 heavy (non-hydrogen) atoms. The van der Waals surface area contributed by atoms with Gasteiger partial charge in [-0.1, -0.05) is 0 Å². The third-order valence-corrected chi connectivity index (χ3v) is 4.72. The van der Waals surface area contributed by atoms with Crippen molar-refractivity contribution in [2.24, 2.45) is 0 Å². The summed E-state index contributed by atoms with van der Waals surface area (Å²) in [5, 5.41) is 0. The van der Waals surface area contributed by atoms with Gasteiger partial charge in [-0.3, -0.25) is 0 Å². The van der Waals surface area contributed by atoms with E-state index in [9.17, 15) is 8.42 Å². The van der Waals surface area contributed by atoms with Crippen LogP contribution in [0, 0.1) is 0 Å². The SMILES string of the molecule is CN(C1CCCSC1)S(C)(=O)=O. The number of thioether (sulfide) groups is 1. The molecule has 0 saturated carbocycles. The molecule has 0 aliphatic carbocycles. The van der Waals surface area contributed by atoms with Crippen molar-refractivity contribution in [1.29, 1.82) is 0 Å².